The van der Waals surface area contributed by atoms with Gasteiger partial charge in [-0.15, -0.1) is 0 Å². The number of aliphatic hydroxyl groups excluding tert-OH is 2. The molecule has 4 atom stereocenters. The van der Waals surface area contributed by atoms with Crippen LogP contribution >= 0.6 is 0 Å². The van der Waals surface area contributed by atoms with Crippen molar-refractivity contribution in [3.05, 3.63) is 35.9 Å². The number of aliphatic hydroxyl groups is 2. The summed E-state index contributed by atoms with van der Waals surface area (Å²) in [7, 11) is 1.94. The molecule has 1 fully saturated rings. The quantitative estimate of drug-likeness (QED) is 0.674. The van der Waals surface area contributed by atoms with Crippen molar-refractivity contribution < 1.29 is 14.9 Å². The molecule has 0 aliphatic carbocycles. The van der Waals surface area contributed by atoms with Crippen LogP contribution in [0, 0.1) is 0 Å². The van der Waals surface area contributed by atoms with Gasteiger partial charge in [0.1, 0.15) is 12.2 Å². The first-order valence-corrected chi connectivity index (χ1v) is 6.56. The highest BCUT2D eigenvalue weighted by Crippen LogP contribution is 2.25. The lowest BCUT2D eigenvalue weighted by molar-refractivity contribution is -0.0193. The Morgan fingerprint density at radius 1 is 1.26 bits per heavy atom. The molecule has 0 amide bonds. The molecule has 1 aromatic rings. The van der Waals surface area contributed by atoms with Gasteiger partial charge >= 0.3 is 0 Å². The van der Waals surface area contributed by atoms with Gasteiger partial charge in [0.15, 0.2) is 0 Å². The molecule has 0 radical (unpaired) electrons. The lowest BCUT2D eigenvalue weighted by Gasteiger charge is -2.30. The second-order valence-corrected chi connectivity index (χ2v) is 5.01. The number of hydrogen-bond donors (Lipinski definition) is 3. The Kier molecular flexibility index (Phi) is 4.90. The molecule has 4 N–H and O–H groups in total. The smallest absolute Gasteiger partial charge is 0.109 e. The second-order valence-electron chi connectivity index (χ2n) is 5.01. The van der Waals surface area contributed by atoms with Crippen LogP contribution in [-0.4, -0.2) is 59.7 Å². The summed E-state index contributed by atoms with van der Waals surface area (Å²) in [6, 6.07) is 9.84. The van der Waals surface area contributed by atoms with Crippen LogP contribution in [0.5, 0.6) is 0 Å². The minimum Gasteiger partial charge on any atom is -0.394 e. The molecule has 19 heavy (non-hydrogen) atoms. The van der Waals surface area contributed by atoms with Crippen molar-refractivity contribution in [1.29, 1.82) is 0 Å². The highest BCUT2D eigenvalue weighted by Gasteiger charge is 2.44. The summed E-state index contributed by atoms with van der Waals surface area (Å²) in [5.41, 5.74) is 6.86. The topological polar surface area (TPSA) is 79.0 Å². The SMILES string of the molecule is CN(Cc1ccccc1)C1C(CN)OC(CO)C1O. The molecule has 1 heterocycles. The molecule has 0 aromatic heterocycles. The highest BCUT2D eigenvalue weighted by molar-refractivity contribution is 5.15. The van der Waals surface area contributed by atoms with Crippen molar-refractivity contribution in [2.24, 2.45) is 5.73 Å². The number of nitrogens with zero attached hydrogens (tertiary/aromatic N) is 1. The second kappa shape index (κ2) is 6.45. The van der Waals surface area contributed by atoms with E-state index in [0.717, 1.165) is 0 Å². The van der Waals surface area contributed by atoms with E-state index in [-0.39, 0.29) is 18.8 Å². The zero-order valence-corrected chi connectivity index (χ0v) is 11.1. The first-order chi connectivity index (χ1) is 9.17. The monoisotopic (exact) mass is 266 g/mol. The Labute approximate surface area is 113 Å². The van der Waals surface area contributed by atoms with Crippen molar-refractivity contribution in [3.8, 4) is 0 Å². The lowest BCUT2D eigenvalue weighted by atomic mass is 10.0. The Hall–Kier alpha value is -0.980. The van der Waals surface area contributed by atoms with E-state index in [4.69, 9.17) is 10.5 Å². The van der Waals surface area contributed by atoms with Crippen LogP contribution < -0.4 is 5.73 Å². The van der Waals surface area contributed by atoms with Gasteiger partial charge in [-0.05, 0) is 12.6 Å². The van der Waals surface area contributed by atoms with E-state index in [9.17, 15) is 10.2 Å². The molecular formula is C14H22N2O3. The number of ether oxygens (including phenoxy) is 1. The maximum atomic E-state index is 10.2. The Morgan fingerprint density at radius 3 is 2.53 bits per heavy atom. The van der Waals surface area contributed by atoms with Crippen molar-refractivity contribution in [2.45, 2.75) is 30.9 Å². The zero-order chi connectivity index (χ0) is 13.8. The van der Waals surface area contributed by atoms with Crippen LogP contribution in [0.2, 0.25) is 0 Å². The zero-order valence-electron chi connectivity index (χ0n) is 11.1. The van der Waals surface area contributed by atoms with E-state index < -0.39 is 12.2 Å². The van der Waals surface area contributed by atoms with Gasteiger partial charge in [0.05, 0.1) is 18.8 Å². The van der Waals surface area contributed by atoms with Crippen LogP contribution in [0.3, 0.4) is 0 Å². The molecule has 4 unspecified atom stereocenters. The summed E-state index contributed by atoms with van der Waals surface area (Å²) in [6.45, 7) is 0.852. The minimum absolute atomic E-state index is 0.187. The summed E-state index contributed by atoms with van der Waals surface area (Å²) in [6.07, 6.45) is -1.51. The van der Waals surface area contributed by atoms with Crippen molar-refractivity contribution in [2.75, 3.05) is 20.2 Å². The summed E-state index contributed by atoms with van der Waals surface area (Å²) in [4.78, 5) is 2.03. The first kappa shape index (κ1) is 14.4. The molecule has 1 aliphatic rings. The van der Waals surface area contributed by atoms with Crippen LogP contribution in [0.4, 0.5) is 0 Å². The summed E-state index contributed by atoms with van der Waals surface area (Å²) in [5.74, 6) is 0. The third-order valence-corrected chi connectivity index (χ3v) is 3.66. The highest BCUT2D eigenvalue weighted by atomic mass is 16.5. The predicted molar refractivity (Wildman–Crippen MR) is 72.5 cm³/mol. The Bertz CT molecular complexity index is 386. The molecule has 1 saturated heterocycles. The number of rotatable bonds is 5. The van der Waals surface area contributed by atoms with Gasteiger partial charge in [0, 0.05) is 13.1 Å². The molecule has 1 aromatic carbocycles. The molecule has 106 valence electrons. The third kappa shape index (κ3) is 3.13. The lowest BCUT2D eigenvalue weighted by Crippen LogP contribution is -2.48. The fourth-order valence-corrected chi connectivity index (χ4v) is 2.69. The van der Waals surface area contributed by atoms with Crippen molar-refractivity contribution in [1.82, 2.24) is 4.90 Å². The van der Waals surface area contributed by atoms with Gasteiger partial charge in [-0.1, -0.05) is 30.3 Å². The van der Waals surface area contributed by atoms with Gasteiger partial charge in [0.2, 0.25) is 0 Å². The van der Waals surface area contributed by atoms with E-state index in [1.165, 1.54) is 5.56 Å². The molecule has 0 saturated carbocycles. The Balaban J connectivity index is 2.06. The maximum Gasteiger partial charge on any atom is 0.109 e. The van der Waals surface area contributed by atoms with E-state index >= 15 is 0 Å². The van der Waals surface area contributed by atoms with Crippen molar-refractivity contribution in [3.63, 3.8) is 0 Å². The molecular weight excluding hydrogens is 244 g/mol. The number of likely N-dealkylation sites (N-methyl/N-ethyl adjacent to an activating group) is 1. The predicted octanol–water partition coefficient (Wildman–Crippen LogP) is -0.434. The molecule has 2 rings (SSSR count). The van der Waals surface area contributed by atoms with E-state index in [0.29, 0.717) is 13.1 Å². The molecule has 5 heteroatoms. The molecule has 5 nitrogen and oxygen atoms in total. The first-order valence-electron chi connectivity index (χ1n) is 6.56. The average molecular weight is 266 g/mol. The average Bonchev–Trinajstić information content (AvgIpc) is 2.76. The van der Waals surface area contributed by atoms with Crippen LogP contribution in [-0.2, 0) is 11.3 Å². The summed E-state index contributed by atoms with van der Waals surface area (Å²) in [5, 5.41) is 19.4. The van der Waals surface area contributed by atoms with Crippen molar-refractivity contribution >= 4 is 0 Å². The van der Waals surface area contributed by atoms with Gasteiger partial charge in [-0.2, -0.15) is 0 Å². The van der Waals surface area contributed by atoms with Gasteiger partial charge in [0.25, 0.3) is 0 Å². The number of hydrogen-bond acceptors (Lipinski definition) is 5. The van der Waals surface area contributed by atoms with Gasteiger partial charge in [-0.3, -0.25) is 4.90 Å². The van der Waals surface area contributed by atoms with E-state index in [2.05, 4.69) is 0 Å². The minimum atomic E-state index is -0.715. The van der Waals surface area contributed by atoms with Crippen LogP contribution in [0.15, 0.2) is 30.3 Å². The van der Waals surface area contributed by atoms with Crippen LogP contribution in [0.1, 0.15) is 5.56 Å². The van der Waals surface area contributed by atoms with E-state index in [1.54, 1.807) is 0 Å². The van der Waals surface area contributed by atoms with Crippen LogP contribution in [0.25, 0.3) is 0 Å². The van der Waals surface area contributed by atoms with Gasteiger partial charge < -0.3 is 20.7 Å². The Morgan fingerprint density at radius 2 is 1.95 bits per heavy atom. The fourth-order valence-electron chi connectivity index (χ4n) is 2.69. The maximum absolute atomic E-state index is 10.2. The summed E-state index contributed by atoms with van der Waals surface area (Å²) < 4.78 is 5.58. The third-order valence-electron chi connectivity index (χ3n) is 3.66. The fraction of sp³-hybridized carbons (Fsp3) is 0.571. The van der Waals surface area contributed by atoms with E-state index in [1.807, 2.05) is 42.3 Å². The largest absolute Gasteiger partial charge is 0.394 e. The molecule has 1 aliphatic heterocycles. The molecule has 0 bridgehead atoms. The number of nitrogens with two attached hydrogens (primary N) is 1. The van der Waals surface area contributed by atoms with Gasteiger partial charge in [-0.25, -0.2) is 0 Å². The summed E-state index contributed by atoms with van der Waals surface area (Å²) >= 11 is 0. The molecule has 0 spiro atoms. The normalized spacial score (nSPS) is 31.0. The number of benzene rings is 1. The standard InChI is InChI=1S/C14H22N2O3/c1-16(8-10-5-3-2-4-6-10)13-11(7-15)19-12(9-17)14(13)18/h2-6,11-14,17-18H,7-9,15H2,1H3.